The average molecular weight is 457 g/mol. The summed E-state index contributed by atoms with van der Waals surface area (Å²) in [5, 5.41) is 15.9. The normalized spacial score (nSPS) is 11.1. The summed E-state index contributed by atoms with van der Waals surface area (Å²) in [5.74, 6) is 0. The molecule has 0 radical (unpaired) electrons. The van der Waals surface area contributed by atoms with Gasteiger partial charge in [-0.25, -0.2) is 0 Å². The van der Waals surface area contributed by atoms with Crippen LogP contribution in [0.3, 0.4) is 0 Å². The Bertz CT molecular complexity index is 220. The summed E-state index contributed by atoms with van der Waals surface area (Å²) < 4.78 is 16.4. The van der Waals surface area contributed by atoms with E-state index >= 15 is 0 Å². The van der Waals surface area contributed by atoms with Gasteiger partial charge in [0.1, 0.15) is 0 Å². The van der Waals surface area contributed by atoms with Crippen LogP contribution < -0.4 is 0 Å². The quantitative estimate of drug-likeness (QED) is 0.280. The molecule has 0 saturated heterocycles. The van der Waals surface area contributed by atoms with Crippen molar-refractivity contribution in [3.8, 4) is 0 Å². The Morgan fingerprint density at radius 3 is 0.583 bits per heavy atom. The molecule has 150 valence electrons. The molecule has 0 aromatic heterocycles. The van der Waals surface area contributed by atoms with Gasteiger partial charge in [-0.15, -0.1) is 0 Å². The molecule has 0 aliphatic carbocycles. The van der Waals surface area contributed by atoms with Crippen LogP contribution in [0.4, 0.5) is 0 Å². The van der Waals surface area contributed by atoms with E-state index in [1.54, 1.807) is 0 Å². The second-order valence-electron chi connectivity index (χ2n) is 8.75. The zero-order chi connectivity index (χ0) is 21.4. The van der Waals surface area contributed by atoms with Crippen LogP contribution in [0, 0.1) is 0 Å². The van der Waals surface area contributed by atoms with Crippen LogP contribution in [0.5, 0.6) is 0 Å². The van der Waals surface area contributed by atoms with Crippen LogP contribution in [0.15, 0.2) is 0 Å². The summed E-state index contributed by atoms with van der Waals surface area (Å²) in [7, 11) is -6.37. The molecular formula is C12H40O7Si4Ti. The number of hydrogen-bond acceptors (Lipinski definition) is 7. The van der Waals surface area contributed by atoms with Gasteiger partial charge in [-0.3, -0.25) is 19.7 Å². The van der Waals surface area contributed by atoms with Crippen molar-refractivity contribution in [3.63, 3.8) is 0 Å². The van der Waals surface area contributed by atoms with Crippen molar-refractivity contribution in [2.75, 3.05) is 0 Å². The third-order valence-corrected chi connectivity index (χ3v) is 1.64. The minimum atomic E-state index is -1.61. The van der Waals surface area contributed by atoms with Crippen LogP contribution in [0.1, 0.15) is 0 Å². The summed E-state index contributed by atoms with van der Waals surface area (Å²) in [5.41, 5.74) is 0. The van der Waals surface area contributed by atoms with E-state index in [1.165, 1.54) is 0 Å². The predicted molar refractivity (Wildman–Crippen MR) is 106 cm³/mol. The molecular weight excluding hydrogens is 416 g/mol. The van der Waals surface area contributed by atoms with Gasteiger partial charge in [-0.1, -0.05) is 0 Å². The second kappa shape index (κ2) is 17.6. The maximum absolute atomic E-state index is 8.66. The van der Waals surface area contributed by atoms with E-state index in [0.717, 1.165) is 20.4 Å². The molecule has 0 rings (SSSR count). The first kappa shape index (κ1) is 36.1. The van der Waals surface area contributed by atoms with Gasteiger partial charge >= 0.3 is 23.7 Å². The zero-order valence-corrected chi connectivity index (χ0v) is 23.1. The summed E-state index contributed by atoms with van der Waals surface area (Å²) in [4.78, 5) is 17.3. The molecule has 0 aromatic carbocycles. The van der Waals surface area contributed by atoms with Crippen molar-refractivity contribution in [1.29, 1.82) is 0 Å². The number of rotatable bonds is 2. The molecule has 0 spiro atoms. The van der Waals surface area contributed by atoms with E-state index in [1.807, 2.05) is 78.6 Å². The molecule has 0 heterocycles. The van der Waals surface area contributed by atoms with E-state index < -0.39 is 33.3 Å². The fraction of sp³-hybridized carbons (Fsp3) is 1.00. The van der Waals surface area contributed by atoms with Crippen LogP contribution in [0.25, 0.3) is 0 Å². The van der Waals surface area contributed by atoms with E-state index in [4.69, 9.17) is 23.4 Å². The Balaban J connectivity index is -0.0000000647. The van der Waals surface area contributed by atoms with Gasteiger partial charge in [0.05, 0.1) is 0 Å². The molecule has 0 bridgehead atoms. The Hall–Kier alpha value is 1.14. The summed E-state index contributed by atoms with van der Waals surface area (Å²) in [6.07, 6.45) is 0. The molecule has 0 fully saturated rings. The van der Waals surface area contributed by atoms with E-state index in [9.17, 15) is 0 Å². The van der Waals surface area contributed by atoms with Crippen molar-refractivity contribution in [3.05, 3.63) is 0 Å². The fourth-order valence-electron chi connectivity index (χ4n) is 0. The number of hydrogen-bond donors (Lipinski definition) is 4. The second-order valence-corrected chi connectivity index (χ2v) is 26.2. The van der Waals surface area contributed by atoms with Gasteiger partial charge in [-0.05, 0) is 78.6 Å². The van der Waals surface area contributed by atoms with Crippen LogP contribution in [-0.2, 0) is 32.9 Å². The molecule has 0 saturated carbocycles. The predicted octanol–water partition coefficient (Wildman–Crippen LogP) is 4.13. The van der Waals surface area contributed by atoms with Crippen LogP contribution in [0.2, 0.25) is 78.6 Å². The van der Waals surface area contributed by atoms with Crippen molar-refractivity contribution in [1.82, 2.24) is 0 Å². The Kier molecular flexibility index (Phi) is 26.4. The molecule has 4 N–H and O–H groups in total. The molecule has 0 aromatic rings. The van der Waals surface area contributed by atoms with Crippen LogP contribution >= 0.6 is 0 Å². The summed E-state index contributed by atoms with van der Waals surface area (Å²) in [6.45, 7) is 22.7. The van der Waals surface area contributed by atoms with Crippen molar-refractivity contribution >= 4 is 33.3 Å². The van der Waals surface area contributed by atoms with Gasteiger partial charge in [0, 0.05) is 0 Å². The van der Waals surface area contributed by atoms with Crippen molar-refractivity contribution in [2.24, 2.45) is 0 Å². The molecule has 0 atom stereocenters. The van der Waals surface area contributed by atoms with E-state index in [2.05, 4.69) is 9.15 Å². The van der Waals surface area contributed by atoms with Crippen molar-refractivity contribution in [2.45, 2.75) is 78.6 Å². The Labute approximate surface area is 164 Å². The Morgan fingerprint density at radius 1 is 0.542 bits per heavy atom. The van der Waals surface area contributed by atoms with Gasteiger partial charge in [0.2, 0.25) is 16.6 Å². The van der Waals surface area contributed by atoms with E-state index in [-0.39, 0.29) is 0 Å². The Morgan fingerprint density at radius 2 is 0.583 bits per heavy atom. The summed E-state index contributed by atoms with van der Waals surface area (Å²) in [6, 6.07) is 0. The molecule has 0 aliphatic heterocycles. The molecule has 0 unspecified atom stereocenters. The SMILES string of the molecule is C[Si](C)(C)O.C[Si](C)(C)O.C[Si](C)(C)OO.C[Si](C)(C)OO.[O]=[Ti]. The first-order valence-electron chi connectivity index (χ1n) is 7.42. The fourth-order valence-corrected chi connectivity index (χ4v) is 0. The van der Waals surface area contributed by atoms with Crippen molar-refractivity contribution < 1.29 is 53.0 Å². The third kappa shape index (κ3) is 222. The standard InChI is InChI=1S/2C3H10O2Si.2C3H10OSi.O.Ti/c2*1-6(2,3)5-4;2*1-5(2,3)4;;/h2*4H,1-3H3;2*4H,1-3H3;;. The van der Waals surface area contributed by atoms with Crippen LogP contribution in [-0.4, -0.2) is 53.4 Å². The third-order valence-electron chi connectivity index (χ3n) is 0.548. The molecule has 7 nitrogen and oxygen atoms in total. The van der Waals surface area contributed by atoms with Gasteiger partial charge in [-0.2, -0.15) is 0 Å². The van der Waals surface area contributed by atoms with Gasteiger partial charge in [0.15, 0.2) is 16.6 Å². The van der Waals surface area contributed by atoms with Gasteiger partial charge in [0.25, 0.3) is 0 Å². The molecule has 0 amide bonds. The molecule has 24 heavy (non-hydrogen) atoms. The first-order valence-corrected chi connectivity index (χ1v) is 21.8. The minimum absolute atomic E-state index is 0.750. The van der Waals surface area contributed by atoms with E-state index in [0.29, 0.717) is 0 Å². The average Bonchev–Trinajstić information content (AvgIpc) is 2.26. The van der Waals surface area contributed by atoms with Gasteiger partial charge < -0.3 is 9.59 Å². The zero-order valence-electron chi connectivity index (χ0n) is 17.5. The molecule has 12 heteroatoms. The molecule has 0 aliphatic rings. The summed E-state index contributed by atoms with van der Waals surface area (Å²) >= 11 is 0.750. The first-order chi connectivity index (χ1) is 10.1. The monoisotopic (exact) mass is 456 g/mol. The maximum atomic E-state index is 8.66. The topological polar surface area (TPSA) is 116 Å².